The van der Waals surface area contributed by atoms with Gasteiger partial charge in [-0.3, -0.25) is 4.79 Å². The second-order valence-corrected chi connectivity index (χ2v) is 7.99. The largest absolute Gasteiger partial charge is 0.417 e. The van der Waals surface area contributed by atoms with Gasteiger partial charge in [0.1, 0.15) is 0 Å². The fraction of sp³-hybridized carbons (Fsp3) is 0.208. The summed E-state index contributed by atoms with van der Waals surface area (Å²) in [4.78, 5) is 18.8. The van der Waals surface area contributed by atoms with Crippen LogP contribution in [-0.2, 0) is 12.4 Å². The lowest BCUT2D eigenvalue weighted by Crippen LogP contribution is -2.38. The van der Waals surface area contributed by atoms with Gasteiger partial charge in [-0.05, 0) is 44.2 Å². The molecule has 0 aliphatic carbocycles. The standard InChI is InChI=1S/C24H18F6N4O/c1-14(2)34(22(35)16-9-8-15(23(25,26)27)12-18(16)24(28,29)30)20-7-4-3-6-17(20)19-13-21-31-10-5-11-33(21)32-19/h3-14H,1-2H3. The highest BCUT2D eigenvalue weighted by Gasteiger charge is 2.40. The van der Waals surface area contributed by atoms with Crippen molar-refractivity contribution in [2.45, 2.75) is 32.2 Å². The zero-order valence-electron chi connectivity index (χ0n) is 18.4. The molecule has 5 nitrogen and oxygen atoms in total. The first-order valence-electron chi connectivity index (χ1n) is 10.4. The van der Waals surface area contributed by atoms with E-state index in [1.165, 1.54) is 4.52 Å². The maximum absolute atomic E-state index is 13.7. The molecule has 0 saturated carbocycles. The fourth-order valence-electron chi connectivity index (χ4n) is 3.76. The summed E-state index contributed by atoms with van der Waals surface area (Å²) in [5, 5.41) is 4.42. The number of amides is 1. The van der Waals surface area contributed by atoms with Gasteiger partial charge in [0.25, 0.3) is 5.91 Å². The van der Waals surface area contributed by atoms with Gasteiger partial charge in [0, 0.05) is 30.1 Å². The molecule has 0 radical (unpaired) electrons. The molecule has 0 atom stereocenters. The number of fused-ring (bicyclic) bond motifs is 1. The molecule has 0 unspecified atom stereocenters. The third-order valence-corrected chi connectivity index (χ3v) is 5.29. The van der Waals surface area contributed by atoms with E-state index >= 15 is 0 Å². The second-order valence-electron chi connectivity index (χ2n) is 7.99. The highest BCUT2D eigenvalue weighted by molar-refractivity contribution is 6.09. The van der Waals surface area contributed by atoms with Gasteiger partial charge in [-0.25, -0.2) is 9.50 Å². The van der Waals surface area contributed by atoms with Crippen molar-refractivity contribution in [3.8, 4) is 11.3 Å². The Kier molecular flexibility index (Phi) is 6.04. The van der Waals surface area contributed by atoms with Crippen molar-refractivity contribution in [1.82, 2.24) is 14.6 Å². The van der Waals surface area contributed by atoms with Gasteiger partial charge in [0.2, 0.25) is 0 Å². The third-order valence-electron chi connectivity index (χ3n) is 5.29. The molecule has 0 saturated heterocycles. The second kappa shape index (κ2) is 8.71. The Balaban J connectivity index is 1.86. The lowest BCUT2D eigenvalue weighted by Gasteiger charge is -2.30. The SMILES string of the molecule is CC(C)N(C(=O)c1ccc(C(F)(F)F)cc1C(F)(F)F)c1ccccc1-c1cc2ncccn2n1. The number of aromatic nitrogens is 3. The Labute approximate surface area is 195 Å². The number of carbonyl (C=O) groups excluding carboxylic acids is 1. The van der Waals surface area contributed by atoms with Gasteiger partial charge >= 0.3 is 12.4 Å². The molecule has 2 aromatic carbocycles. The molecule has 0 N–H and O–H groups in total. The van der Waals surface area contributed by atoms with Gasteiger partial charge in [-0.2, -0.15) is 31.4 Å². The first-order chi connectivity index (χ1) is 16.4. The first kappa shape index (κ1) is 24.2. The van der Waals surface area contributed by atoms with E-state index in [0.29, 0.717) is 29.0 Å². The average Bonchev–Trinajstić information content (AvgIpc) is 3.22. The molecule has 0 spiro atoms. The van der Waals surface area contributed by atoms with Crippen LogP contribution in [0.5, 0.6) is 0 Å². The average molecular weight is 492 g/mol. The predicted octanol–water partition coefficient (Wildman–Crippen LogP) is 6.49. The van der Waals surface area contributed by atoms with Crippen molar-refractivity contribution < 1.29 is 31.1 Å². The molecular formula is C24H18F6N4O. The van der Waals surface area contributed by atoms with Gasteiger partial charge < -0.3 is 4.90 Å². The molecule has 1 amide bonds. The third kappa shape index (κ3) is 4.71. The number of halogens is 6. The molecule has 2 heterocycles. The zero-order valence-corrected chi connectivity index (χ0v) is 18.4. The molecular weight excluding hydrogens is 474 g/mol. The lowest BCUT2D eigenvalue weighted by molar-refractivity contribution is -0.143. The van der Waals surface area contributed by atoms with E-state index in [9.17, 15) is 31.1 Å². The van der Waals surface area contributed by atoms with Crippen molar-refractivity contribution in [3.63, 3.8) is 0 Å². The van der Waals surface area contributed by atoms with Crippen LogP contribution in [0, 0.1) is 0 Å². The van der Waals surface area contributed by atoms with E-state index in [0.717, 1.165) is 4.90 Å². The number of hydrogen-bond donors (Lipinski definition) is 0. The Morgan fingerprint density at radius 1 is 0.943 bits per heavy atom. The van der Waals surface area contributed by atoms with Gasteiger partial charge in [0.05, 0.1) is 28.1 Å². The summed E-state index contributed by atoms with van der Waals surface area (Å²) in [6.07, 6.45) is -6.94. The minimum absolute atomic E-state index is 0.0363. The van der Waals surface area contributed by atoms with Gasteiger partial charge in [-0.15, -0.1) is 0 Å². The number of alkyl halides is 6. The molecule has 182 valence electrons. The minimum atomic E-state index is -5.18. The van der Waals surface area contributed by atoms with Crippen LogP contribution in [0.3, 0.4) is 0 Å². The maximum Gasteiger partial charge on any atom is 0.417 e. The highest BCUT2D eigenvalue weighted by atomic mass is 19.4. The number of para-hydroxylation sites is 1. The number of rotatable bonds is 4. The van der Waals surface area contributed by atoms with Crippen LogP contribution >= 0.6 is 0 Å². The number of hydrogen-bond acceptors (Lipinski definition) is 3. The van der Waals surface area contributed by atoms with E-state index in [1.54, 1.807) is 62.6 Å². The molecule has 4 aromatic rings. The summed E-state index contributed by atoms with van der Waals surface area (Å²) >= 11 is 0. The monoisotopic (exact) mass is 492 g/mol. The molecule has 0 bridgehead atoms. The van der Waals surface area contributed by atoms with E-state index in [2.05, 4.69) is 10.1 Å². The van der Waals surface area contributed by atoms with Crippen molar-refractivity contribution in [3.05, 3.63) is 83.7 Å². The zero-order chi connectivity index (χ0) is 25.5. The number of anilines is 1. The van der Waals surface area contributed by atoms with Crippen LogP contribution in [-0.4, -0.2) is 26.5 Å². The minimum Gasteiger partial charge on any atom is -0.305 e. The maximum atomic E-state index is 13.7. The Hall–Kier alpha value is -3.89. The van der Waals surface area contributed by atoms with E-state index in [4.69, 9.17) is 0 Å². The quantitative estimate of drug-likeness (QED) is 0.306. The lowest BCUT2D eigenvalue weighted by atomic mass is 10.00. The summed E-state index contributed by atoms with van der Waals surface area (Å²) in [5.41, 5.74) is -2.40. The first-order valence-corrected chi connectivity index (χ1v) is 10.4. The summed E-state index contributed by atoms with van der Waals surface area (Å²) < 4.78 is 82.0. The van der Waals surface area contributed by atoms with Crippen molar-refractivity contribution in [2.75, 3.05) is 4.90 Å². The summed E-state index contributed by atoms with van der Waals surface area (Å²) in [6, 6.07) is 10.2. The smallest absolute Gasteiger partial charge is 0.305 e. The Morgan fingerprint density at radius 3 is 2.29 bits per heavy atom. The van der Waals surface area contributed by atoms with Crippen molar-refractivity contribution in [2.24, 2.45) is 0 Å². The molecule has 0 aliphatic heterocycles. The van der Waals surface area contributed by atoms with Crippen LogP contribution in [0.1, 0.15) is 35.3 Å². The van der Waals surface area contributed by atoms with Crippen LogP contribution in [0.4, 0.5) is 32.0 Å². The van der Waals surface area contributed by atoms with E-state index < -0.39 is 41.0 Å². The topological polar surface area (TPSA) is 50.5 Å². The van der Waals surface area contributed by atoms with Crippen LogP contribution < -0.4 is 4.90 Å². The molecule has 35 heavy (non-hydrogen) atoms. The van der Waals surface area contributed by atoms with Crippen molar-refractivity contribution >= 4 is 17.2 Å². The number of benzene rings is 2. The van der Waals surface area contributed by atoms with Crippen LogP contribution in [0.25, 0.3) is 16.9 Å². The predicted molar refractivity (Wildman–Crippen MR) is 117 cm³/mol. The number of nitrogens with zero attached hydrogens (tertiary/aromatic N) is 4. The summed E-state index contributed by atoms with van der Waals surface area (Å²) in [7, 11) is 0. The van der Waals surface area contributed by atoms with Crippen molar-refractivity contribution in [1.29, 1.82) is 0 Å². The van der Waals surface area contributed by atoms with Crippen LogP contribution in [0.2, 0.25) is 0 Å². The van der Waals surface area contributed by atoms with Crippen LogP contribution in [0.15, 0.2) is 67.0 Å². The molecule has 4 rings (SSSR count). The molecule has 11 heteroatoms. The fourth-order valence-corrected chi connectivity index (χ4v) is 3.76. The summed E-state index contributed by atoms with van der Waals surface area (Å²) in [5.74, 6) is -1.09. The Morgan fingerprint density at radius 2 is 1.66 bits per heavy atom. The molecule has 0 aliphatic rings. The van der Waals surface area contributed by atoms with Gasteiger partial charge in [0.15, 0.2) is 5.65 Å². The number of carbonyl (C=O) groups is 1. The highest BCUT2D eigenvalue weighted by Crippen LogP contribution is 2.39. The normalized spacial score (nSPS) is 12.4. The van der Waals surface area contributed by atoms with E-state index in [1.807, 2.05) is 0 Å². The summed E-state index contributed by atoms with van der Waals surface area (Å²) in [6.45, 7) is 3.19. The Bertz CT molecular complexity index is 1360. The van der Waals surface area contributed by atoms with E-state index in [-0.39, 0.29) is 11.8 Å². The molecule has 0 fully saturated rings. The van der Waals surface area contributed by atoms with Gasteiger partial charge in [-0.1, -0.05) is 18.2 Å². The molecule has 2 aromatic heterocycles.